The molecule has 0 aromatic heterocycles. The molecule has 0 aliphatic heterocycles. The maximum Gasteiger partial charge on any atom is 0.195 e. The molecule has 1 N–H and O–H groups in total. The van der Waals surface area contributed by atoms with Crippen molar-refractivity contribution < 1.29 is 18.4 Å². The molecule has 0 saturated carbocycles. The van der Waals surface area contributed by atoms with E-state index in [1.54, 1.807) is 0 Å². The van der Waals surface area contributed by atoms with Crippen LogP contribution in [0.1, 0.15) is 5.56 Å². The van der Waals surface area contributed by atoms with Gasteiger partial charge in [0.2, 0.25) is 0 Å². The monoisotopic (exact) mass is 209 g/mol. The fourth-order valence-corrected chi connectivity index (χ4v) is 0.885. The summed E-state index contributed by atoms with van der Waals surface area (Å²) in [5.41, 5.74) is -0.497. The van der Waals surface area contributed by atoms with Gasteiger partial charge in [-0.2, -0.15) is 0 Å². The molecule has 1 rings (SSSR count). The van der Waals surface area contributed by atoms with Crippen molar-refractivity contribution >= 4 is 16.8 Å². The van der Waals surface area contributed by atoms with E-state index in [-0.39, 0.29) is 0 Å². The Kier molecular flexibility index (Phi) is 2.77. The molecule has 0 heterocycles. The van der Waals surface area contributed by atoms with E-state index in [2.05, 4.69) is 5.16 Å². The Morgan fingerprint density at radius 2 is 1.85 bits per heavy atom. The molecule has 0 atom stereocenters. The van der Waals surface area contributed by atoms with Gasteiger partial charge in [-0.05, 0) is 12.1 Å². The number of oxime groups is 1. The largest absolute Gasteiger partial charge is 0.410 e. The Morgan fingerprint density at radius 1 is 1.23 bits per heavy atom. The van der Waals surface area contributed by atoms with Crippen molar-refractivity contribution in [1.82, 2.24) is 0 Å². The van der Waals surface area contributed by atoms with Crippen LogP contribution < -0.4 is 0 Å². The van der Waals surface area contributed by atoms with E-state index in [1.807, 2.05) is 0 Å². The highest BCUT2D eigenvalue weighted by Gasteiger charge is 2.16. The van der Waals surface area contributed by atoms with Crippen LogP contribution in [0, 0.1) is 17.5 Å². The number of halogens is 4. The van der Waals surface area contributed by atoms with Crippen LogP contribution in [-0.2, 0) is 0 Å². The van der Waals surface area contributed by atoms with E-state index in [9.17, 15) is 13.2 Å². The van der Waals surface area contributed by atoms with Crippen molar-refractivity contribution in [2.24, 2.45) is 5.16 Å². The third kappa shape index (κ3) is 1.75. The minimum Gasteiger partial charge on any atom is -0.410 e. The topological polar surface area (TPSA) is 32.6 Å². The Hall–Kier alpha value is -1.23. The summed E-state index contributed by atoms with van der Waals surface area (Å²) in [5, 5.41) is 9.95. The second-order valence-corrected chi connectivity index (χ2v) is 2.47. The van der Waals surface area contributed by atoms with Gasteiger partial charge in [-0.15, -0.1) is 0 Å². The molecule has 0 radical (unpaired) electrons. The molecule has 1 aromatic carbocycles. The van der Waals surface area contributed by atoms with Gasteiger partial charge in [-0.25, -0.2) is 13.2 Å². The van der Waals surface area contributed by atoms with Crippen LogP contribution in [0.5, 0.6) is 0 Å². The summed E-state index contributed by atoms with van der Waals surface area (Å²) >= 11 is 5.19. The van der Waals surface area contributed by atoms with Gasteiger partial charge in [-0.3, -0.25) is 0 Å². The molecule has 0 aliphatic carbocycles. The van der Waals surface area contributed by atoms with Gasteiger partial charge in [-0.1, -0.05) is 16.8 Å². The minimum atomic E-state index is -1.65. The average Bonchev–Trinajstić information content (AvgIpc) is 2.13. The SMILES string of the molecule is O/N=C(\Cl)c1ccc(F)c(F)c1F. The Labute approximate surface area is 76.2 Å². The summed E-state index contributed by atoms with van der Waals surface area (Å²) in [6.07, 6.45) is 0. The van der Waals surface area contributed by atoms with Crippen LogP contribution in [0.2, 0.25) is 0 Å². The summed E-state index contributed by atoms with van der Waals surface area (Å²) in [6, 6.07) is 1.55. The van der Waals surface area contributed by atoms with E-state index < -0.39 is 28.2 Å². The van der Waals surface area contributed by atoms with Gasteiger partial charge in [0.1, 0.15) is 0 Å². The molecule has 2 nitrogen and oxygen atoms in total. The van der Waals surface area contributed by atoms with E-state index >= 15 is 0 Å². The highest BCUT2D eigenvalue weighted by molar-refractivity contribution is 6.69. The third-order valence-electron chi connectivity index (χ3n) is 1.35. The molecular formula is C7H3ClF3NO. The molecule has 6 heteroatoms. The Morgan fingerprint density at radius 3 is 2.38 bits per heavy atom. The third-order valence-corrected chi connectivity index (χ3v) is 1.62. The predicted molar refractivity (Wildman–Crippen MR) is 40.5 cm³/mol. The number of hydrogen-bond acceptors (Lipinski definition) is 2. The first-order valence-electron chi connectivity index (χ1n) is 3.09. The van der Waals surface area contributed by atoms with Gasteiger partial charge in [0.25, 0.3) is 0 Å². The van der Waals surface area contributed by atoms with Gasteiger partial charge < -0.3 is 5.21 Å². The van der Waals surface area contributed by atoms with Crippen LogP contribution in [-0.4, -0.2) is 10.4 Å². The summed E-state index contributed by atoms with van der Waals surface area (Å²) in [5.74, 6) is -4.47. The van der Waals surface area contributed by atoms with Crippen LogP contribution in [0.4, 0.5) is 13.2 Å². The standard InChI is InChI=1S/C7H3ClF3NO/c8-7(12-13)3-1-2-4(9)6(11)5(3)10/h1-2,13H/b12-7-. The first kappa shape index (κ1) is 9.85. The van der Waals surface area contributed by atoms with Crippen LogP contribution in [0.25, 0.3) is 0 Å². The van der Waals surface area contributed by atoms with Crippen molar-refractivity contribution in [3.05, 3.63) is 35.1 Å². The molecule has 0 spiro atoms. The summed E-state index contributed by atoms with van der Waals surface area (Å²) in [7, 11) is 0. The second-order valence-electron chi connectivity index (χ2n) is 2.11. The van der Waals surface area contributed by atoms with Crippen molar-refractivity contribution in [1.29, 1.82) is 0 Å². The van der Waals surface area contributed by atoms with E-state index in [4.69, 9.17) is 16.8 Å². The molecule has 13 heavy (non-hydrogen) atoms. The fraction of sp³-hybridized carbons (Fsp3) is 0. The fourth-order valence-electron chi connectivity index (χ4n) is 0.739. The maximum atomic E-state index is 12.8. The molecular weight excluding hydrogens is 207 g/mol. The lowest BCUT2D eigenvalue weighted by atomic mass is 10.2. The lowest BCUT2D eigenvalue weighted by molar-refractivity contribution is 0.320. The average molecular weight is 210 g/mol. The second kappa shape index (κ2) is 3.66. The first-order chi connectivity index (χ1) is 6.07. The molecule has 0 amide bonds. The summed E-state index contributed by atoms with van der Waals surface area (Å²) < 4.78 is 37.7. The van der Waals surface area contributed by atoms with Gasteiger partial charge in [0.15, 0.2) is 22.6 Å². The molecule has 70 valence electrons. The lowest BCUT2D eigenvalue weighted by Gasteiger charge is -2.00. The Balaban J connectivity index is 3.34. The predicted octanol–water partition coefficient (Wildman–Crippen LogP) is 2.48. The molecule has 0 aliphatic rings. The minimum absolute atomic E-state index is 0.497. The van der Waals surface area contributed by atoms with E-state index in [1.165, 1.54) is 0 Å². The van der Waals surface area contributed by atoms with Crippen LogP contribution in [0.15, 0.2) is 17.3 Å². The normalized spacial score (nSPS) is 11.8. The lowest BCUT2D eigenvalue weighted by Crippen LogP contribution is -2.01. The van der Waals surface area contributed by atoms with Gasteiger partial charge in [0, 0.05) is 0 Å². The number of nitrogens with zero attached hydrogens (tertiary/aromatic N) is 1. The van der Waals surface area contributed by atoms with E-state index in [0.29, 0.717) is 6.07 Å². The summed E-state index contributed by atoms with van der Waals surface area (Å²) in [6.45, 7) is 0. The molecule has 0 unspecified atom stereocenters. The maximum absolute atomic E-state index is 12.8. The number of hydrogen-bond donors (Lipinski definition) is 1. The molecule has 0 saturated heterocycles. The van der Waals surface area contributed by atoms with Gasteiger partial charge in [0.05, 0.1) is 5.56 Å². The molecule has 0 bridgehead atoms. The van der Waals surface area contributed by atoms with E-state index in [0.717, 1.165) is 6.07 Å². The Bertz CT molecular complexity index is 367. The summed E-state index contributed by atoms with van der Waals surface area (Å²) in [4.78, 5) is 0. The number of benzene rings is 1. The molecule has 1 aromatic rings. The highest BCUT2D eigenvalue weighted by atomic mass is 35.5. The smallest absolute Gasteiger partial charge is 0.195 e. The van der Waals surface area contributed by atoms with Crippen molar-refractivity contribution in [3.8, 4) is 0 Å². The zero-order chi connectivity index (χ0) is 10.0. The van der Waals surface area contributed by atoms with Crippen molar-refractivity contribution in [3.63, 3.8) is 0 Å². The van der Waals surface area contributed by atoms with Crippen molar-refractivity contribution in [2.45, 2.75) is 0 Å². The quantitative estimate of drug-likeness (QED) is 0.328. The zero-order valence-corrected chi connectivity index (χ0v) is 6.82. The number of rotatable bonds is 1. The zero-order valence-electron chi connectivity index (χ0n) is 6.06. The van der Waals surface area contributed by atoms with Crippen molar-refractivity contribution in [2.75, 3.05) is 0 Å². The van der Waals surface area contributed by atoms with Crippen LogP contribution in [0.3, 0.4) is 0 Å². The highest BCUT2D eigenvalue weighted by Crippen LogP contribution is 2.17. The first-order valence-corrected chi connectivity index (χ1v) is 3.47. The van der Waals surface area contributed by atoms with Crippen LogP contribution >= 0.6 is 11.6 Å². The molecule has 0 fully saturated rings. The van der Waals surface area contributed by atoms with Gasteiger partial charge >= 0.3 is 0 Å².